The largest absolute Gasteiger partial charge is 0.484 e. The number of carbonyl (C=O) groups excluding carboxylic acids is 4. The molecule has 3 rings (SSSR count). The van der Waals surface area contributed by atoms with Crippen LogP contribution in [0.15, 0.2) is 48.5 Å². The van der Waals surface area contributed by atoms with Crippen LogP contribution in [-0.2, 0) is 14.3 Å². The monoisotopic (exact) mass is 466 g/mol. The molecule has 1 heterocycles. The number of piperidine rings is 1. The Kier molecular flexibility index (Phi) is 8.40. The first-order chi connectivity index (χ1) is 16.2. The molecule has 1 fully saturated rings. The number of carbonyl (C=O) groups is 4. The number of likely N-dealkylation sites (tertiary alicyclic amines) is 1. The molecule has 2 aromatic carbocycles. The first kappa shape index (κ1) is 25.0. The maximum absolute atomic E-state index is 12.6. The lowest BCUT2D eigenvalue weighted by molar-refractivity contribution is -0.139. The number of hydrogen-bond acceptors (Lipinski definition) is 6. The van der Waals surface area contributed by atoms with E-state index >= 15 is 0 Å². The molecule has 0 radical (unpaired) electrons. The highest BCUT2D eigenvalue weighted by Crippen LogP contribution is 2.23. The van der Waals surface area contributed by atoms with Gasteiger partial charge in [-0.25, -0.2) is 4.79 Å². The van der Waals surface area contributed by atoms with E-state index in [4.69, 9.17) is 9.47 Å². The molecule has 0 unspecified atom stereocenters. The number of ketones is 1. The van der Waals surface area contributed by atoms with Crippen molar-refractivity contribution in [3.8, 4) is 5.75 Å². The summed E-state index contributed by atoms with van der Waals surface area (Å²) in [6, 6.07) is 13.0. The minimum atomic E-state index is -0.652. The Balaban J connectivity index is 1.44. The fraction of sp³-hybridized carbons (Fsp3) is 0.385. The van der Waals surface area contributed by atoms with Gasteiger partial charge < -0.3 is 19.7 Å². The summed E-state index contributed by atoms with van der Waals surface area (Å²) in [4.78, 5) is 50.0. The lowest BCUT2D eigenvalue weighted by Gasteiger charge is -2.38. The topological polar surface area (TPSA) is 102 Å². The van der Waals surface area contributed by atoms with Crippen LogP contribution in [0.2, 0.25) is 0 Å². The smallest absolute Gasteiger partial charge is 0.338 e. The summed E-state index contributed by atoms with van der Waals surface area (Å²) in [6.45, 7) is 5.05. The minimum absolute atomic E-state index is 0.0508. The third-order valence-electron chi connectivity index (χ3n) is 5.84. The Morgan fingerprint density at radius 2 is 1.47 bits per heavy atom. The Bertz CT molecular complexity index is 1020. The molecule has 1 saturated heterocycles. The van der Waals surface area contributed by atoms with E-state index in [-0.39, 0.29) is 35.9 Å². The molecular formula is C26H30N2O6. The number of nitrogens with zero attached hydrogens (tertiary/aromatic N) is 1. The fourth-order valence-electron chi connectivity index (χ4n) is 4.02. The molecule has 0 spiro atoms. The maximum atomic E-state index is 12.6. The van der Waals surface area contributed by atoms with Crippen LogP contribution in [0.5, 0.6) is 5.75 Å². The average molecular weight is 467 g/mol. The van der Waals surface area contributed by atoms with Crippen LogP contribution < -0.4 is 10.1 Å². The first-order valence-electron chi connectivity index (χ1n) is 11.4. The summed E-state index contributed by atoms with van der Waals surface area (Å²) in [5.41, 5.74) is 1.29. The highest BCUT2D eigenvalue weighted by molar-refractivity contribution is 5.97. The molecule has 180 valence electrons. The number of amides is 2. The number of esters is 1. The molecule has 0 aliphatic carbocycles. The first-order valence-corrected chi connectivity index (χ1v) is 11.4. The number of rotatable bonds is 8. The van der Waals surface area contributed by atoms with E-state index in [1.54, 1.807) is 36.4 Å². The predicted octanol–water partition coefficient (Wildman–Crippen LogP) is 3.85. The normalized spacial score (nSPS) is 17.6. The van der Waals surface area contributed by atoms with Gasteiger partial charge in [0.2, 0.25) is 0 Å². The van der Waals surface area contributed by atoms with Crippen LogP contribution >= 0.6 is 0 Å². The van der Waals surface area contributed by atoms with Crippen molar-refractivity contribution in [2.24, 2.45) is 0 Å². The highest BCUT2D eigenvalue weighted by Gasteiger charge is 2.29. The molecular weight excluding hydrogens is 436 g/mol. The third kappa shape index (κ3) is 6.66. The Hall–Kier alpha value is -3.68. The summed E-state index contributed by atoms with van der Waals surface area (Å²) in [6.07, 6.45) is 3.12. The van der Waals surface area contributed by atoms with Crippen molar-refractivity contribution in [2.75, 3.05) is 18.5 Å². The summed E-state index contributed by atoms with van der Waals surface area (Å²) < 4.78 is 10.7. The number of anilines is 1. The van der Waals surface area contributed by atoms with Gasteiger partial charge in [0, 0.05) is 23.3 Å². The van der Waals surface area contributed by atoms with Gasteiger partial charge in [0.15, 0.2) is 19.0 Å². The van der Waals surface area contributed by atoms with Crippen LogP contribution in [0, 0.1) is 0 Å². The average Bonchev–Trinajstić information content (AvgIpc) is 2.82. The molecule has 2 aromatic rings. The van der Waals surface area contributed by atoms with E-state index in [9.17, 15) is 19.2 Å². The second-order valence-corrected chi connectivity index (χ2v) is 8.50. The lowest BCUT2D eigenvalue weighted by atomic mass is 9.97. The summed E-state index contributed by atoms with van der Waals surface area (Å²) >= 11 is 0. The van der Waals surface area contributed by atoms with Gasteiger partial charge in [-0.1, -0.05) is 0 Å². The highest BCUT2D eigenvalue weighted by atomic mass is 16.5. The molecule has 1 aliphatic heterocycles. The van der Waals surface area contributed by atoms with Crippen molar-refractivity contribution in [1.82, 2.24) is 4.90 Å². The zero-order valence-electron chi connectivity index (χ0n) is 19.7. The molecule has 8 nitrogen and oxygen atoms in total. The van der Waals surface area contributed by atoms with Gasteiger partial charge in [-0.3, -0.25) is 14.4 Å². The van der Waals surface area contributed by atoms with E-state index in [0.717, 1.165) is 19.3 Å². The van der Waals surface area contributed by atoms with Crippen LogP contribution in [0.1, 0.15) is 60.7 Å². The second kappa shape index (κ2) is 11.4. The van der Waals surface area contributed by atoms with Crippen molar-refractivity contribution < 1.29 is 28.7 Å². The molecule has 8 heteroatoms. The van der Waals surface area contributed by atoms with E-state index in [0.29, 0.717) is 17.0 Å². The second-order valence-electron chi connectivity index (χ2n) is 8.50. The quantitative estimate of drug-likeness (QED) is 0.468. The van der Waals surface area contributed by atoms with Crippen LogP contribution in [0.4, 0.5) is 5.69 Å². The van der Waals surface area contributed by atoms with Gasteiger partial charge in [0.05, 0.1) is 5.56 Å². The van der Waals surface area contributed by atoms with Gasteiger partial charge in [0.1, 0.15) is 5.75 Å². The number of nitrogens with one attached hydrogen (secondary N) is 1. The minimum Gasteiger partial charge on any atom is -0.484 e. The van der Waals surface area contributed by atoms with E-state index in [1.165, 1.54) is 19.1 Å². The summed E-state index contributed by atoms with van der Waals surface area (Å²) in [5, 5.41) is 2.60. The number of ether oxygens (including phenoxy) is 2. The number of benzene rings is 2. The van der Waals surface area contributed by atoms with Crippen molar-refractivity contribution in [1.29, 1.82) is 0 Å². The molecule has 34 heavy (non-hydrogen) atoms. The van der Waals surface area contributed by atoms with Crippen molar-refractivity contribution >= 4 is 29.3 Å². The molecule has 0 saturated carbocycles. The standard InChI is InChI=1S/C26H30N2O6/c1-17-5-4-6-18(2)28(17)25(31)16-33-23-13-9-21(10-14-23)26(32)34-15-24(30)27-22-11-7-20(8-12-22)19(3)29/h7-14,17-18H,4-6,15-16H2,1-3H3,(H,27,30)/t17-,18-/m0/s1. The SMILES string of the molecule is CC(=O)c1ccc(NC(=O)COC(=O)c2ccc(OCC(=O)N3[C@@H](C)CCC[C@@H]3C)cc2)cc1. The molecule has 2 amide bonds. The van der Waals surface area contributed by atoms with Gasteiger partial charge in [-0.15, -0.1) is 0 Å². The van der Waals surface area contributed by atoms with E-state index in [1.807, 2.05) is 4.90 Å². The van der Waals surface area contributed by atoms with Crippen molar-refractivity contribution in [3.05, 3.63) is 59.7 Å². The van der Waals surface area contributed by atoms with Gasteiger partial charge in [-0.05, 0) is 88.6 Å². The van der Waals surface area contributed by atoms with Gasteiger partial charge in [-0.2, -0.15) is 0 Å². The van der Waals surface area contributed by atoms with Crippen molar-refractivity contribution in [2.45, 2.75) is 52.1 Å². The molecule has 1 aliphatic rings. The van der Waals surface area contributed by atoms with E-state index in [2.05, 4.69) is 19.2 Å². The van der Waals surface area contributed by atoms with Gasteiger partial charge in [0.25, 0.3) is 11.8 Å². The summed E-state index contributed by atoms with van der Waals surface area (Å²) in [5.74, 6) is -0.802. The summed E-state index contributed by atoms with van der Waals surface area (Å²) in [7, 11) is 0. The molecule has 1 N–H and O–H groups in total. The lowest BCUT2D eigenvalue weighted by Crippen LogP contribution is -2.49. The Morgan fingerprint density at radius 3 is 2.06 bits per heavy atom. The van der Waals surface area contributed by atoms with Crippen LogP contribution in [0.3, 0.4) is 0 Å². The predicted molar refractivity (Wildman–Crippen MR) is 127 cm³/mol. The zero-order valence-corrected chi connectivity index (χ0v) is 19.7. The number of Topliss-reactive ketones (excluding diaryl/α,β-unsaturated/α-hetero) is 1. The number of hydrogen-bond donors (Lipinski definition) is 1. The molecule has 2 atom stereocenters. The third-order valence-corrected chi connectivity index (χ3v) is 5.84. The molecule has 0 bridgehead atoms. The van der Waals surface area contributed by atoms with Crippen LogP contribution in [-0.4, -0.2) is 53.8 Å². The van der Waals surface area contributed by atoms with Gasteiger partial charge >= 0.3 is 5.97 Å². The van der Waals surface area contributed by atoms with Crippen molar-refractivity contribution in [3.63, 3.8) is 0 Å². The maximum Gasteiger partial charge on any atom is 0.338 e. The fourth-order valence-corrected chi connectivity index (χ4v) is 4.02. The Morgan fingerprint density at radius 1 is 0.882 bits per heavy atom. The van der Waals surface area contributed by atoms with E-state index < -0.39 is 18.5 Å². The molecule has 0 aromatic heterocycles. The zero-order chi connectivity index (χ0) is 24.7. The Labute approximate surface area is 199 Å². The van der Waals surface area contributed by atoms with Crippen LogP contribution in [0.25, 0.3) is 0 Å².